The molecule has 1 heterocycles. The fourth-order valence-corrected chi connectivity index (χ4v) is 11.4. The minimum Gasteiger partial charge on any atom is -0.310 e. The van der Waals surface area contributed by atoms with Crippen LogP contribution in [0, 0.1) is 0 Å². The van der Waals surface area contributed by atoms with E-state index in [1.807, 2.05) is 11.3 Å². The van der Waals surface area contributed by atoms with Crippen LogP contribution in [-0.2, 0) is 5.41 Å². The van der Waals surface area contributed by atoms with Crippen LogP contribution in [0.25, 0.3) is 64.3 Å². The molecule has 0 radical (unpaired) electrons. The first-order valence-electron chi connectivity index (χ1n) is 21.0. The maximum Gasteiger partial charge on any atom is 0.0714 e. The summed E-state index contributed by atoms with van der Waals surface area (Å²) in [5.74, 6) is 0. The predicted molar refractivity (Wildman–Crippen MR) is 260 cm³/mol. The van der Waals surface area contributed by atoms with E-state index in [1.54, 1.807) is 0 Å². The zero-order valence-electron chi connectivity index (χ0n) is 33.4. The lowest BCUT2D eigenvalue weighted by molar-refractivity contribution is 0.768. The van der Waals surface area contributed by atoms with Crippen LogP contribution in [0.2, 0.25) is 0 Å². The Morgan fingerprint density at radius 1 is 0.328 bits per heavy atom. The molecular weight excluding hydrogens is 755 g/mol. The van der Waals surface area contributed by atoms with E-state index in [-0.39, 0.29) is 0 Å². The van der Waals surface area contributed by atoms with Crippen molar-refractivity contribution in [2.24, 2.45) is 0 Å². The molecule has 61 heavy (non-hydrogen) atoms. The molecule has 0 bridgehead atoms. The van der Waals surface area contributed by atoms with Crippen molar-refractivity contribution < 1.29 is 0 Å². The summed E-state index contributed by atoms with van der Waals surface area (Å²) in [7, 11) is 0. The second kappa shape index (κ2) is 14.3. The number of nitrogens with zero attached hydrogens (tertiary/aromatic N) is 1. The molecule has 1 aromatic heterocycles. The van der Waals surface area contributed by atoms with Crippen LogP contribution >= 0.6 is 11.3 Å². The number of hydrogen-bond acceptors (Lipinski definition) is 2. The molecule has 0 unspecified atom stereocenters. The van der Waals surface area contributed by atoms with Crippen molar-refractivity contribution in [3.05, 3.63) is 259 Å². The average Bonchev–Trinajstić information content (AvgIpc) is 3.88. The normalized spacial score (nSPS) is 12.7. The minimum absolute atomic E-state index is 0.495. The monoisotopic (exact) mass is 793 g/mol. The molecule has 0 N–H and O–H groups in total. The highest BCUT2D eigenvalue weighted by Gasteiger charge is 2.47. The summed E-state index contributed by atoms with van der Waals surface area (Å²) in [6.07, 6.45) is 0. The first kappa shape index (κ1) is 35.4. The molecule has 0 aliphatic heterocycles. The van der Waals surface area contributed by atoms with Crippen molar-refractivity contribution >= 4 is 59.3 Å². The Balaban J connectivity index is 1.06. The topological polar surface area (TPSA) is 3.24 Å². The van der Waals surface area contributed by atoms with Gasteiger partial charge in [0.25, 0.3) is 0 Å². The quantitative estimate of drug-likeness (QED) is 0.155. The minimum atomic E-state index is -0.495. The van der Waals surface area contributed by atoms with Gasteiger partial charge in [-0.15, -0.1) is 11.3 Å². The molecule has 286 valence electrons. The Morgan fingerprint density at radius 3 is 1.57 bits per heavy atom. The van der Waals surface area contributed by atoms with Crippen LogP contribution in [0.5, 0.6) is 0 Å². The molecule has 0 spiro atoms. The number of hydrogen-bond donors (Lipinski definition) is 0. The fraction of sp³-hybridized carbons (Fsp3) is 0.0169. The largest absolute Gasteiger partial charge is 0.310 e. The van der Waals surface area contributed by atoms with Crippen LogP contribution in [0.15, 0.2) is 237 Å². The van der Waals surface area contributed by atoms with Crippen molar-refractivity contribution in [3.63, 3.8) is 0 Å². The molecular formula is C59H39NS. The van der Waals surface area contributed by atoms with E-state index in [0.717, 1.165) is 17.1 Å². The first-order chi connectivity index (χ1) is 30.3. The second-order valence-corrected chi connectivity index (χ2v) is 17.0. The molecule has 0 fully saturated rings. The van der Waals surface area contributed by atoms with Crippen molar-refractivity contribution in [1.29, 1.82) is 0 Å². The highest BCUT2D eigenvalue weighted by Crippen LogP contribution is 2.59. The molecule has 0 amide bonds. The maximum atomic E-state index is 2.46. The van der Waals surface area contributed by atoms with Crippen molar-refractivity contribution in [2.45, 2.75) is 5.41 Å². The first-order valence-corrected chi connectivity index (χ1v) is 21.8. The van der Waals surface area contributed by atoms with E-state index in [4.69, 9.17) is 0 Å². The van der Waals surface area contributed by atoms with Crippen molar-refractivity contribution in [3.8, 4) is 33.4 Å². The molecule has 11 aromatic rings. The van der Waals surface area contributed by atoms with Gasteiger partial charge in [-0.25, -0.2) is 0 Å². The summed E-state index contributed by atoms with van der Waals surface area (Å²) in [6.45, 7) is 0. The summed E-state index contributed by atoms with van der Waals surface area (Å²) >= 11 is 1.91. The van der Waals surface area contributed by atoms with E-state index in [0.29, 0.717) is 0 Å². The van der Waals surface area contributed by atoms with E-state index in [2.05, 4.69) is 241 Å². The predicted octanol–water partition coefficient (Wildman–Crippen LogP) is 16.4. The van der Waals surface area contributed by atoms with E-state index in [9.17, 15) is 0 Å². The molecule has 10 aromatic carbocycles. The lowest BCUT2D eigenvalue weighted by atomic mass is 9.68. The lowest BCUT2D eigenvalue weighted by Gasteiger charge is -2.34. The van der Waals surface area contributed by atoms with Gasteiger partial charge in [-0.3, -0.25) is 0 Å². The molecule has 1 aliphatic carbocycles. The number of fused-ring (bicyclic) bond motifs is 8. The Morgan fingerprint density at radius 2 is 0.852 bits per heavy atom. The van der Waals surface area contributed by atoms with Gasteiger partial charge < -0.3 is 4.90 Å². The fourth-order valence-electron chi connectivity index (χ4n) is 10.1. The van der Waals surface area contributed by atoms with Crippen LogP contribution < -0.4 is 4.90 Å². The van der Waals surface area contributed by atoms with Gasteiger partial charge in [-0.2, -0.15) is 0 Å². The third-order valence-electron chi connectivity index (χ3n) is 12.8. The summed E-state index contributed by atoms with van der Waals surface area (Å²) in [6, 6.07) is 87.1. The molecule has 0 atom stereocenters. The van der Waals surface area contributed by atoms with Gasteiger partial charge in [0.1, 0.15) is 0 Å². The summed E-state index contributed by atoms with van der Waals surface area (Å²) in [4.78, 5) is 2.46. The van der Waals surface area contributed by atoms with E-state index in [1.165, 1.54) is 86.6 Å². The van der Waals surface area contributed by atoms with Crippen LogP contribution in [0.4, 0.5) is 17.1 Å². The smallest absolute Gasteiger partial charge is 0.0714 e. The van der Waals surface area contributed by atoms with Gasteiger partial charge in [0.05, 0.1) is 11.1 Å². The van der Waals surface area contributed by atoms with Gasteiger partial charge >= 0.3 is 0 Å². The molecule has 2 heteroatoms. The zero-order valence-corrected chi connectivity index (χ0v) is 34.2. The summed E-state index contributed by atoms with van der Waals surface area (Å²) in [5.41, 5.74) is 15.4. The van der Waals surface area contributed by atoms with Crippen molar-refractivity contribution in [1.82, 2.24) is 0 Å². The van der Waals surface area contributed by atoms with Crippen LogP contribution in [0.1, 0.15) is 22.3 Å². The third kappa shape index (κ3) is 5.53. The van der Waals surface area contributed by atoms with Gasteiger partial charge in [0, 0.05) is 37.1 Å². The van der Waals surface area contributed by atoms with E-state index < -0.39 is 5.41 Å². The number of rotatable bonds is 7. The van der Waals surface area contributed by atoms with E-state index >= 15 is 0 Å². The van der Waals surface area contributed by atoms with Crippen LogP contribution in [-0.4, -0.2) is 0 Å². The number of anilines is 3. The highest BCUT2D eigenvalue weighted by atomic mass is 32.1. The molecule has 1 aliphatic rings. The molecule has 12 rings (SSSR count). The standard InChI is InChI=1S/C59H39NS/c1-4-16-40(17-5-1)41-30-35-46(36-31-41)60(47-37-32-43(33-38-47)49-25-14-26-50-51-39-34-42-18-10-11-23-48(42)58(51)61-57(49)50)55-29-15-28-54-56(55)52-24-12-13-27-53(52)59(54,44-19-6-2-7-20-44)45-21-8-3-9-22-45/h1-39H. The third-order valence-corrected chi connectivity index (χ3v) is 14.0. The molecule has 1 nitrogen and oxygen atoms in total. The summed E-state index contributed by atoms with van der Waals surface area (Å²) in [5, 5.41) is 5.23. The SMILES string of the molecule is c1ccc(-c2ccc(N(c3ccc(-c4cccc5c4sc4c6ccccc6ccc54)cc3)c3cccc4c3-c3ccccc3C4(c3ccccc3)c3ccccc3)cc2)cc1. The maximum absolute atomic E-state index is 2.46. The van der Waals surface area contributed by atoms with Gasteiger partial charge in [0.15, 0.2) is 0 Å². The van der Waals surface area contributed by atoms with Gasteiger partial charge in [-0.1, -0.05) is 206 Å². The Labute approximate surface area is 360 Å². The Bertz CT molecular complexity index is 3350. The van der Waals surface area contributed by atoms with Gasteiger partial charge in [-0.05, 0) is 91.2 Å². The molecule has 0 saturated carbocycles. The number of thiophene rings is 1. The lowest BCUT2D eigenvalue weighted by Crippen LogP contribution is -2.28. The van der Waals surface area contributed by atoms with Crippen LogP contribution in [0.3, 0.4) is 0 Å². The van der Waals surface area contributed by atoms with Gasteiger partial charge in [0.2, 0.25) is 0 Å². The second-order valence-electron chi connectivity index (χ2n) is 16.0. The number of benzene rings is 10. The Hall–Kier alpha value is -7.52. The highest BCUT2D eigenvalue weighted by molar-refractivity contribution is 7.27. The molecule has 0 saturated heterocycles. The average molecular weight is 794 g/mol. The Kier molecular flexibility index (Phi) is 8.33. The summed E-state index contributed by atoms with van der Waals surface area (Å²) < 4.78 is 2.67. The van der Waals surface area contributed by atoms with Crippen molar-refractivity contribution in [2.75, 3.05) is 4.90 Å². The zero-order chi connectivity index (χ0) is 40.3.